The smallest absolute Gasteiger partial charge is 0.227 e. The lowest BCUT2D eigenvalue weighted by molar-refractivity contribution is -0.140. The first-order valence-corrected chi connectivity index (χ1v) is 8.98. The molecule has 1 amide bonds. The summed E-state index contributed by atoms with van der Waals surface area (Å²) in [5.41, 5.74) is 0.426. The van der Waals surface area contributed by atoms with Gasteiger partial charge in [-0.25, -0.2) is 8.78 Å². The van der Waals surface area contributed by atoms with Crippen LogP contribution in [0.3, 0.4) is 0 Å². The van der Waals surface area contributed by atoms with Crippen LogP contribution in [0.25, 0.3) is 0 Å². The lowest BCUT2D eigenvalue weighted by atomic mass is 9.77. The van der Waals surface area contributed by atoms with Crippen LogP contribution < -0.4 is 0 Å². The first-order chi connectivity index (χ1) is 12.9. The normalized spacial score (nSPS) is 22.9. The van der Waals surface area contributed by atoms with Gasteiger partial charge in [0, 0.05) is 18.7 Å². The van der Waals surface area contributed by atoms with Gasteiger partial charge in [-0.2, -0.15) is 0 Å². The van der Waals surface area contributed by atoms with Crippen LogP contribution in [0.5, 0.6) is 0 Å². The second-order valence-corrected chi connectivity index (χ2v) is 7.18. The van der Waals surface area contributed by atoms with E-state index in [9.17, 15) is 18.7 Å². The van der Waals surface area contributed by atoms with Crippen molar-refractivity contribution in [3.63, 3.8) is 0 Å². The number of likely N-dealkylation sites (tertiary alicyclic amines) is 1. The van der Waals surface area contributed by atoms with Crippen LogP contribution >= 0.6 is 0 Å². The third kappa shape index (κ3) is 3.59. The predicted octanol–water partition coefficient (Wildman–Crippen LogP) is 2.56. The van der Waals surface area contributed by atoms with Crippen LogP contribution in [0.4, 0.5) is 8.78 Å². The molecule has 144 valence electrons. The van der Waals surface area contributed by atoms with E-state index in [2.05, 4.69) is 0 Å². The van der Waals surface area contributed by atoms with Gasteiger partial charge < -0.3 is 10.0 Å². The van der Waals surface area contributed by atoms with Gasteiger partial charge in [-0.15, -0.1) is 0 Å². The Balaban J connectivity index is 1.77. The van der Waals surface area contributed by atoms with Crippen molar-refractivity contribution in [2.24, 2.45) is 0 Å². The second kappa shape index (κ2) is 7.74. The Bertz CT molecular complexity index is 813. The number of rotatable bonds is 4. The molecule has 0 saturated carbocycles. The SMILES string of the molecule is CN(C)[C@]1(c2ccccc2)CCN(C(=O)Cc2cccc(F)c2F)C[C@H]1O. The summed E-state index contributed by atoms with van der Waals surface area (Å²) in [6, 6.07) is 13.6. The van der Waals surface area contributed by atoms with E-state index in [0.717, 1.165) is 11.6 Å². The van der Waals surface area contributed by atoms with Gasteiger partial charge in [-0.3, -0.25) is 9.69 Å². The molecule has 1 fully saturated rings. The van der Waals surface area contributed by atoms with Gasteiger partial charge in [0.05, 0.1) is 18.1 Å². The molecule has 1 aliphatic heterocycles. The van der Waals surface area contributed by atoms with E-state index < -0.39 is 23.3 Å². The van der Waals surface area contributed by atoms with E-state index in [-0.39, 0.29) is 24.4 Å². The number of piperidine rings is 1. The number of nitrogens with zero attached hydrogens (tertiary/aromatic N) is 2. The molecule has 1 saturated heterocycles. The van der Waals surface area contributed by atoms with E-state index >= 15 is 0 Å². The summed E-state index contributed by atoms with van der Waals surface area (Å²) < 4.78 is 27.2. The van der Waals surface area contributed by atoms with E-state index in [0.29, 0.717) is 13.0 Å². The van der Waals surface area contributed by atoms with Gasteiger partial charge in [0.25, 0.3) is 0 Å². The summed E-state index contributed by atoms with van der Waals surface area (Å²) in [6.07, 6.45) is -0.482. The summed E-state index contributed by atoms with van der Waals surface area (Å²) in [5.74, 6) is -2.27. The van der Waals surface area contributed by atoms with Crippen molar-refractivity contribution >= 4 is 5.91 Å². The number of β-amino-alcohol motifs (C(OH)–C–C–N with tert-alkyl or cyclic N) is 1. The van der Waals surface area contributed by atoms with Gasteiger partial charge in [0.2, 0.25) is 5.91 Å². The molecule has 1 aliphatic rings. The average molecular weight is 374 g/mol. The molecule has 0 spiro atoms. The highest BCUT2D eigenvalue weighted by Gasteiger charge is 2.46. The maximum Gasteiger partial charge on any atom is 0.227 e. The molecule has 0 aliphatic carbocycles. The first kappa shape index (κ1) is 19.5. The molecule has 27 heavy (non-hydrogen) atoms. The Morgan fingerprint density at radius 1 is 1.19 bits per heavy atom. The van der Waals surface area contributed by atoms with Crippen LogP contribution in [0, 0.1) is 11.6 Å². The monoisotopic (exact) mass is 374 g/mol. The Hall–Kier alpha value is -2.31. The zero-order valence-corrected chi connectivity index (χ0v) is 15.5. The number of amides is 1. The van der Waals surface area contributed by atoms with E-state index in [1.54, 1.807) is 0 Å². The van der Waals surface area contributed by atoms with Gasteiger partial charge in [0.1, 0.15) is 0 Å². The highest BCUT2D eigenvalue weighted by atomic mass is 19.2. The van der Waals surface area contributed by atoms with Gasteiger partial charge in [-0.05, 0) is 32.1 Å². The summed E-state index contributed by atoms with van der Waals surface area (Å²) >= 11 is 0. The fraction of sp³-hybridized carbons (Fsp3) is 0.381. The number of carbonyl (C=O) groups is 1. The fourth-order valence-corrected chi connectivity index (χ4v) is 3.95. The summed E-state index contributed by atoms with van der Waals surface area (Å²) in [4.78, 5) is 16.1. The largest absolute Gasteiger partial charge is 0.389 e. The van der Waals surface area contributed by atoms with Crippen molar-refractivity contribution in [1.29, 1.82) is 0 Å². The molecule has 0 unspecified atom stereocenters. The number of aliphatic hydroxyl groups excluding tert-OH is 1. The zero-order valence-electron chi connectivity index (χ0n) is 15.5. The molecule has 0 bridgehead atoms. The Morgan fingerprint density at radius 3 is 2.52 bits per heavy atom. The van der Waals surface area contributed by atoms with Crippen LogP contribution in [0.1, 0.15) is 17.5 Å². The summed E-state index contributed by atoms with van der Waals surface area (Å²) in [7, 11) is 3.83. The lowest BCUT2D eigenvalue weighted by Gasteiger charge is -2.49. The highest BCUT2D eigenvalue weighted by molar-refractivity contribution is 5.79. The van der Waals surface area contributed by atoms with Gasteiger partial charge >= 0.3 is 0 Å². The number of benzene rings is 2. The lowest BCUT2D eigenvalue weighted by Crippen LogP contribution is -2.61. The number of hydrogen-bond donors (Lipinski definition) is 1. The highest BCUT2D eigenvalue weighted by Crippen LogP contribution is 2.37. The van der Waals surface area contributed by atoms with Crippen molar-refractivity contribution < 1.29 is 18.7 Å². The third-order valence-electron chi connectivity index (χ3n) is 5.51. The molecular formula is C21H24F2N2O2. The number of hydrogen-bond acceptors (Lipinski definition) is 3. The number of halogens is 2. The topological polar surface area (TPSA) is 43.8 Å². The third-order valence-corrected chi connectivity index (χ3v) is 5.51. The Labute approximate surface area is 158 Å². The molecule has 0 radical (unpaired) electrons. The van der Waals surface area contributed by atoms with Crippen molar-refractivity contribution in [1.82, 2.24) is 9.80 Å². The minimum absolute atomic E-state index is 0.0296. The number of carbonyl (C=O) groups excluding carboxylic acids is 1. The predicted molar refractivity (Wildman–Crippen MR) is 99.1 cm³/mol. The standard InChI is InChI=1S/C21H24F2N2O2/c1-24(2)21(16-8-4-3-5-9-16)11-12-25(14-18(21)26)19(27)13-15-7-6-10-17(22)20(15)23/h3-10,18,26H,11-14H2,1-2H3/t18-,21+/m1/s1. The maximum atomic E-state index is 13.9. The maximum absolute atomic E-state index is 13.9. The first-order valence-electron chi connectivity index (χ1n) is 8.98. The zero-order chi connectivity index (χ0) is 19.6. The molecule has 2 aromatic carbocycles. The molecule has 1 heterocycles. The Morgan fingerprint density at radius 2 is 1.89 bits per heavy atom. The minimum Gasteiger partial charge on any atom is -0.389 e. The van der Waals surface area contributed by atoms with Gasteiger partial charge in [0.15, 0.2) is 11.6 Å². The number of aliphatic hydroxyl groups is 1. The van der Waals surface area contributed by atoms with Crippen LogP contribution in [-0.2, 0) is 16.8 Å². The summed E-state index contributed by atoms with van der Waals surface area (Å²) in [5, 5.41) is 11.0. The molecule has 0 aromatic heterocycles. The fourth-order valence-electron chi connectivity index (χ4n) is 3.95. The van der Waals surface area contributed by atoms with Crippen molar-refractivity contribution in [2.75, 3.05) is 27.2 Å². The molecule has 1 N–H and O–H groups in total. The molecule has 3 rings (SSSR count). The van der Waals surface area contributed by atoms with Crippen LogP contribution in [0.2, 0.25) is 0 Å². The van der Waals surface area contributed by atoms with Crippen LogP contribution in [-0.4, -0.2) is 54.1 Å². The average Bonchev–Trinajstić information content (AvgIpc) is 2.66. The van der Waals surface area contributed by atoms with E-state index in [4.69, 9.17) is 0 Å². The molecular weight excluding hydrogens is 350 g/mol. The van der Waals surface area contributed by atoms with Crippen molar-refractivity contribution in [2.45, 2.75) is 24.5 Å². The molecule has 4 nitrogen and oxygen atoms in total. The summed E-state index contributed by atoms with van der Waals surface area (Å²) in [6.45, 7) is 0.572. The van der Waals surface area contributed by atoms with Gasteiger partial charge in [-0.1, -0.05) is 42.5 Å². The van der Waals surface area contributed by atoms with E-state index in [1.165, 1.54) is 17.0 Å². The quantitative estimate of drug-likeness (QED) is 0.895. The minimum atomic E-state index is -0.990. The van der Waals surface area contributed by atoms with E-state index in [1.807, 2.05) is 49.3 Å². The van der Waals surface area contributed by atoms with Crippen molar-refractivity contribution in [3.8, 4) is 0 Å². The Kier molecular flexibility index (Phi) is 5.58. The van der Waals surface area contributed by atoms with Crippen molar-refractivity contribution in [3.05, 3.63) is 71.3 Å². The van der Waals surface area contributed by atoms with Crippen LogP contribution in [0.15, 0.2) is 48.5 Å². The number of likely N-dealkylation sites (N-methyl/N-ethyl adjacent to an activating group) is 1. The molecule has 6 heteroatoms. The molecule has 2 atom stereocenters. The molecule has 2 aromatic rings. The second-order valence-electron chi connectivity index (χ2n) is 7.18.